The van der Waals surface area contributed by atoms with E-state index in [0.717, 1.165) is 36.8 Å². The lowest BCUT2D eigenvalue weighted by molar-refractivity contribution is -0.206. The van der Waals surface area contributed by atoms with Crippen molar-refractivity contribution in [3.8, 4) is 16.9 Å². The first-order valence-corrected chi connectivity index (χ1v) is 15.5. The first kappa shape index (κ1) is 33.9. The maximum absolute atomic E-state index is 13.4. The molecular formula is C36H43F3O4. The fourth-order valence-corrected chi connectivity index (χ4v) is 4.84. The van der Waals surface area contributed by atoms with Crippen molar-refractivity contribution >= 4 is 11.9 Å². The highest BCUT2D eigenvalue weighted by molar-refractivity contribution is 5.92. The van der Waals surface area contributed by atoms with Crippen LogP contribution in [0, 0.1) is 0 Å². The number of benzene rings is 3. The van der Waals surface area contributed by atoms with Crippen LogP contribution >= 0.6 is 0 Å². The monoisotopic (exact) mass is 596 g/mol. The second kappa shape index (κ2) is 17.5. The molecule has 0 radical (unpaired) electrons. The summed E-state index contributed by atoms with van der Waals surface area (Å²) in [5.74, 6) is -0.989. The van der Waals surface area contributed by atoms with E-state index in [0.29, 0.717) is 24.2 Å². The Morgan fingerprint density at radius 3 is 1.65 bits per heavy atom. The molecule has 0 saturated carbocycles. The average molecular weight is 597 g/mol. The van der Waals surface area contributed by atoms with Crippen molar-refractivity contribution in [2.75, 3.05) is 0 Å². The molecule has 0 N–H and O–H groups in total. The second-order valence-corrected chi connectivity index (χ2v) is 11.0. The molecule has 43 heavy (non-hydrogen) atoms. The molecule has 1 unspecified atom stereocenters. The van der Waals surface area contributed by atoms with Crippen molar-refractivity contribution in [3.05, 3.63) is 89.5 Å². The Bertz CT molecular complexity index is 1250. The molecule has 7 heteroatoms. The third kappa shape index (κ3) is 11.5. The highest BCUT2D eigenvalue weighted by atomic mass is 19.4. The van der Waals surface area contributed by atoms with Crippen molar-refractivity contribution in [1.29, 1.82) is 0 Å². The van der Waals surface area contributed by atoms with Crippen molar-refractivity contribution in [1.82, 2.24) is 0 Å². The maximum Gasteiger partial charge on any atom is 0.425 e. The number of unbranched alkanes of at least 4 members (excludes halogenated alkanes) is 8. The number of aryl methyl sites for hydroxylation is 1. The molecule has 0 heterocycles. The molecule has 232 valence electrons. The maximum atomic E-state index is 13.4. The van der Waals surface area contributed by atoms with Gasteiger partial charge in [-0.1, -0.05) is 102 Å². The number of hydrogen-bond donors (Lipinski definition) is 0. The fourth-order valence-electron chi connectivity index (χ4n) is 4.84. The van der Waals surface area contributed by atoms with Gasteiger partial charge in [0.1, 0.15) is 5.75 Å². The van der Waals surface area contributed by atoms with Gasteiger partial charge in [-0.3, -0.25) is 0 Å². The lowest BCUT2D eigenvalue weighted by atomic mass is 10.0. The quantitative estimate of drug-likeness (QED) is 0.0884. The highest BCUT2D eigenvalue weighted by Crippen LogP contribution is 2.29. The number of carbonyl (C=O) groups excluding carboxylic acids is 2. The average Bonchev–Trinajstić information content (AvgIpc) is 3.00. The molecule has 0 bridgehead atoms. The molecule has 3 rings (SSSR count). The van der Waals surface area contributed by atoms with Crippen molar-refractivity contribution in [2.45, 2.75) is 103 Å². The van der Waals surface area contributed by atoms with Gasteiger partial charge in [0.25, 0.3) is 0 Å². The van der Waals surface area contributed by atoms with E-state index in [4.69, 9.17) is 9.47 Å². The summed E-state index contributed by atoms with van der Waals surface area (Å²) < 4.78 is 50.5. The summed E-state index contributed by atoms with van der Waals surface area (Å²) in [5.41, 5.74) is 3.17. The number of rotatable bonds is 17. The van der Waals surface area contributed by atoms with Crippen LogP contribution in [0.5, 0.6) is 5.75 Å². The van der Waals surface area contributed by atoms with E-state index in [2.05, 4.69) is 6.92 Å². The summed E-state index contributed by atoms with van der Waals surface area (Å²) in [4.78, 5) is 25.1. The van der Waals surface area contributed by atoms with Crippen LogP contribution in [0.1, 0.15) is 111 Å². The Morgan fingerprint density at radius 2 is 1.12 bits per heavy atom. The van der Waals surface area contributed by atoms with Gasteiger partial charge in [-0.05, 0) is 78.8 Å². The Morgan fingerprint density at radius 1 is 0.628 bits per heavy atom. The van der Waals surface area contributed by atoms with Gasteiger partial charge in [-0.2, -0.15) is 13.2 Å². The minimum Gasteiger partial charge on any atom is -0.449 e. The van der Waals surface area contributed by atoms with Crippen LogP contribution in [0.25, 0.3) is 11.1 Å². The molecule has 1 atom stereocenters. The molecule has 3 aromatic carbocycles. The van der Waals surface area contributed by atoms with E-state index < -0.39 is 24.2 Å². The normalized spacial score (nSPS) is 12.1. The Balaban J connectivity index is 1.52. The van der Waals surface area contributed by atoms with Crippen LogP contribution in [-0.2, 0) is 11.2 Å². The zero-order valence-corrected chi connectivity index (χ0v) is 25.3. The summed E-state index contributed by atoms with van der Waals surface area (Å²) in [7, 11) is 0. The van der Waals surface area contributed by atoms with E-state index in [1.54, 1.807) is 36.4 Å². The van der Waals surface area contributed by atoms with Crippen LogP contribution < -0.4 is 4.74 Å². The Kier molecular flexibility index (Phi) is 13.8. The fraction of sp³-hybridized carbons (Fsp3) is 0.444. The number of carbonyl (C=O) groups is 2. The zero-order chi connectivity index (χ0) is 31.1. The third-order valence-corrected chi connectivity index (χ3v) is 7.46. The van der Waals surface area contributed by atoms with Gasteiger partial charge in [0.2, 0.25) is 0 Å². The summed E-state index contributed by atoms with van der Waals surface area (Å²) in [5, 5.41) is 0. The standard InChI is InChI=1S/C36H43F3O4/c1-3-5-7-9-10-11-13-27-15-25-32(26-16-27)42-34(40)30-21-17-28(18-22-30)29-19-23-31(24-20-29)35(41)43-33(36(37,38)39)14-12-8-6-4-2/h15-26,33H,3-14H2,1-2H3. The van der Waals surface area contributed by atoms with Crippen LogP contribution in [0.3, 0.4) is 0 Å². The number of halogens is 3. The first-order chi connectivity index (χ1) is 20.7. The van der Waals surface area contributed by atoms with Gasteiger partial charge in [-0.15, -0.1) is 0 Å². The molecular weight excluding hydrogens is 553 g/mol. The van der Waals surface area contributed by atoms with Crippen LogP contribution in [0.4, 0.5) is 13.2 Å². The smallest absolute Gasteiger partial charge is 0.425 e. The summed E-state index contributed by atoms with van der Waals surface area (Å²) in [6, 6.07) is 20.6. The van der Waals surface area contributed by atoms with E-state index in [-0.39, 0.29) is 12.0 Å². The van der Waals surface area contributed by atoms with E-state index in [1.165, 1.54) is 49.8 Å². The number of hydrogen-bond acceptors (Lipinski definition) is 4. The highest BCUT2D eigenvalue weighted by Gasteiger charge is 2.42. The zero-order valence-electron chi connectivity index (χ0n) is 25.3. The number of esters is 2. The SMILES string of the molecule is CCCCCCCCc1ccc(OC(=O)c2ccc(-c3ccc(C(=O)OC(CCCCCC)C(F)(F)F)cc3)cc2)cc1. The summed E-state index contributed by atoms with van der Waals surface area (Å²) in [6.07, 6.45) is 4.29. The molecule has 0 spiro atoms. The van der Waals surface area contributed by atoms with Gasteiger partial charge in [0.05, 0.1) is 11.1 Å². The number of alkyl halides is 3. The van der Waals surface area contributed by atoms with Gasteiger partial charge < -0.3 is 9.47 Å². The van der Waals surface area contributed by atoms with Crippen LogP contribution in [0.15, 0.2) is 72.8 Å². The predicted octanol–water partition coefficient (Wildman–Crippen LogP) is 10.5. The topological polar surface area (TPSA) is 52.6 Å². The molecule has 0 fully saturated rings. The van der Waals surface area contributed by atoms with Gasteiger partial charge >= 0.3 is 18.1 Å². The Labute approximate surface area is 253 Å². The van der Waals surface area contributed by atoms with Crippen molar-refractivity contribution in [2.24, 2.45) is 0 Å². The molecule has 0 aromatic heterocycles. The lowest BCUT2D eigenvalue weighted by Gasteiger charge is -2.20. The largest absolute Gasteiger partial charge is 0.449 e. The molecule has 0 saturated heterocycles. The molecule has 0 aliphatic carbocycles. The van der Waals surface area contributed by atoms with Crippen LogP contribution in [-0.4, -0.2) is 24.2 Å². The van der Waals surface area contributed by atoms with E-state index in [9.17, 15) is 22.8 Å². The van der Waals surface area contributed by atoms with E-state index >= 15 is 0 Å². The van der Waals surface area contributed by atoms with Crippen molar-refractivity contribution in [3.63, 3.8) is 0 Å². The second-order valence-electron chi connectivity index (χ2n) is 11.0. The first-order valence-electron chi connectivity index (χ1n) is 15.5. The molecule has 0 amide bonds. The third-order valence-electron chi connectivity index (χ3n) is 7.46. The summed E-state index contributed by atoms with van der Waals surface area (Å²) >= 11 is 0. The molecule has 0 aliphatic rings. The Hall–Kier alpha value is -3.61. The summed E-state index contributed by atoms with van der Waals surface area (Å²) in [6.45, 7) is 4.19. The minimum absolute atomic E-state index is 0.0461. The predicted molar refractivity (Wildman–Crippen MR) is 164 cm³/mol. The lowest BCUT2D eigenvalue weighted by Crippen LogP contribution is -2.33. The van der Waals surface area contributed by atoms with Crippen molar-refractivity contribution < 1.29 is 32.2 Å². The molecule has 4 nitrogen and oxygen atoms in total. The van der Waals surface area contributed by atoms with Gasteiger partial charge in [0.15, 0.2) is 6.10 Å². The molecule has 0 aliphatic heterocycles. The van der Waals surface area contributed by atoms with E-state index in [1.807, 2.05) is 31.2 Å². The van der Waals surface area contributed by atoms with Crippen LogP contribution in [0.2, 0.25) is 0 Å². The molecule has 3 aromatic rings. The number of ether oxygens (including phenoxy) is 2. The van der Waals surface area contributed by atoms with Gasteiger partial charge in [0, 0.05) is 0 Å². The minimum atomic E-state index is -4.61. The van der Waals surface area contributed by atoms with Gasteiger partial charge in [-0.25, -0.2) is 9.59 Å².